The standard InChI is InChI=1S/C13H15BrN2O2S/c14-9-6-10(19-8-9)7-16-12(18)15-11(17)13(16)4-2-1-3-5-13/h6,8H,1-5,7H2,(H,15,17,18). The van der Waals surface area contributed by atoms with Gasteiger partial charge in [-0.25, -0.2) is 4.79 Å². The Kier molecular flexibility index (Phi) is 3.39. The second kappa shape index (κ2) is 4.90. The minimum absolute atomic E-state index is 0.104. The number of carbonyl (C=O) groups is 2. The Bertz CT molecular complexity index is 522. The predicted molar refractivity (Wildman–Crippen MR) is 76.9 cm³/mol. The number of imide groups is 1. The first-order chi connectivity index (χ1) is 9.12. The Hall–Kier alpha value is -0.880. The zero-order chi connectivity index (χ0) is 13.5. The fraction of sp³-hybridized carbons (Fsp3) is 0.538. The molecule has 1 aromatic rings. The minimum atomic E-state index is -0.591. The van der Waals surface area contributed by atoms with Crippen molar-refractivity contribution in [2.75, 3.05) is 0 Å². The van der Waals surface area contributed by atoms with E-state index in [1.165, 1.54) is 0 Å². The van der Waals surface area contributed by atoms with Crippen LogP contribution >= 0.6 is 27.3 Å². The van der Waals surface area contributed by atoms with E-state index in [1.807, 2.05) is 11.4 Å². The highest BCUT2D eigenvalue weighted by Gasteiger charge is 2.52. The van der Waals surface area contributed by atoms with E-state index in [0.29, 0.717) is 6.54 Å². The summed E-state index contributed by atoms with van der Waals surface area (Å²) in [6.45, 7) is 0.522. The van der Waals surface area contributed by atoms with Crippen LogP contribution in [-0.4, -0.2) is 22.4 Å². The van der Waals surface area contributed by atoms with Crippen LogP contribution in [0.4, 0.5) is 4.79 Å². The van der Waals surface area contributed by atoms with Gasteiger partial charge in [0, 0.05) is 14.7 Å². The number of thiophene rings is 1. The van der Waals surface area contributed by atoms with Crippen LogP contribution in [0.15, 0.2) is 15.9 Å². The van der Waals surface area contributed by atoms with Gasteiger partial charge in [-0.3, -0.25) is 10.1 Å². The molecule has 0 bridgehead atoms. The number of halogens is 1. The largest absolute Gasteiger partial charge is 0.325 e. The van der Waals surface area contributed by atoms with Crippen molar-refractivity contribution in [3.05, 3.63) is 20.8 Å². The Balaban J connectivity index is 1.88. The number of amides is 3. The fourth-order valence-electron chi connectivity index (χ4n) is 3.05. The summed E-state index contributed by atoms with van der Waals surface area (Å²) >= 11 is 5.03. The van der Waals surface area contributed by atoms with E-state index in [9.17, 15) is 9.59 Å². The summed E-state index contributed by atoms with van der Waals surface area (Å²) in [5.74, 6) is -0.104. The van der Waals surface area contributed by atoms with Crippen LogP contribution in [0.1, 0.15) is 37.0 Å². The van der Waals surface area contributed by atoms with Gasteiger partial charge in [0.25, 0.3) is 5.91 Å². The van der Waals surface area contributed by atoms with Gasteiger partial charge in [-0.1, -0.05) is 19.3 Å². The third kappa shape index (κ3) is 2.21. The zero-order valence-electron chi connectivity index (χ0n) is 10.4. The van der Waals surface area contributed by atoms with Crippen LogP contribution in [0.3, 0.4) is 0 Å². The van der Waals surface area contributed by atoms with Crippen molar-refractivity contribution < 1.29 is 9.59 Å². The molecule has 1 N–H and O–H groups in total. The molecule has 1 spiro atoms. The minimum Gasteiger partial charge on any atom is -0.305 e. The third-order valence-corrected chi connectivity index (χ3v) is 5.70. The maximum atomic E-state index is 12.2. The van der Waals surface area contributed by atoms with Crippen LogP contribution in [0.25, 0.3) is 0 Å². The summed E-state index contributed by atoms with van der Waals surface area (Å²) in [6, 6.07) is 1.77. The summed E-state index contributed by atoms with van der Waals surface area (Å²) in [4.78, 5) is 27.1. The number of nitrogens with zero attached hydrogens (tertiary/aromatic N) is 1. The predicted octanol–water partition coefficient (Wildman–Crippen LogP) is 3.27. The van der Waals surface area contributed by atoms with E-state index in [-0.39, 0.29) is 11.9 Å². The summed E-state index contributed by atoms with van der Waals surface area (Å²) in [6.07, 6.45) is 4.77. The highest BCUT2D eigenvalue weighted by molar-refractivity contribution is 9.10. The Morgan fingerprint density at radius 2 is 2.05 bits per heavy atom. The highest BCUT2D eigenvalue weighted by Crippen LogP contribution is 2.38. The van der Waals surface area contributed by atoms with E-state index in [0.717, 1.165) is 41.5 Å². The van der Waals surface area contributed by atoms with Gasteiger partial charge < -0.3 is 4.90 Å². The Labute approximate surface area is 124 Å². The Morgan fingerprint density at radius 1 is 1.32 bits per heavy atom. The molecule has 6 heteroatoms. The molecule has 2 heterocycles. The van der Waals surface area contributed by atoms with E-state index in [1.54, 1.807) is 16.2 Å². The molecule has 4 nitrogen and oxygen atoms in total. The number of carbonyl (C=O) groups excluding carboxylic acids is 2. The van der Waals surface area contributed by atoms with Crippen molar-refractivity contribution in [2.45, 2.75) is 44.2 Å². The van der Waals surface area contributed by atoms with Gasteiger partial charge in [-0.05, 0) is 34.8 Å². The molecule has 1 saturated heterocycles. The van der Waals surface area contributed by atoms with Crippen LogP contribution in [-0.2, 0) is 11.3 Å². The monoisotopic (exact) mass is 342 g/mol. The lowest BCUT2D eigenvalue weighted by Crippen LogP contribution is -2.50. The van der Waals surface area contributed by atoms with Gasteiger partial charge >= 0.3 is 6.03 Å². The molecule has 3 amide bonds. The topological polar surface area (TPSA) is 49.4 Å². The zero-order valence-corrected chi connectivity index (χ0v) is 12.8. The molecule has 0 aromatic carbocycles. The lowest BCUT2D eigenvalue weighted by molar-refractivity contribution is -0.128. The molecule has 2 fully saturated rings. The molecule has 19 heavy (non-hydrogen) atoms. The number of hydrogen-bond acceptors (Lipinski definition) is 3. The third-order valence-electron chi connectivity index (χ3n) is 4.02. The normalized spacial score (nSPS) is 22.1. The van der Waals surface area contributed by atoms with Crippen molar-refractivity contribution in [3.8, 4) is 0 Å². The summed E-state index contributed by atoms with van der Waals surface area (Å²) in [5.41, 5.74) is -0.591. The molecule has 1 aromatic heterocycles. The lowest BCUT2D eigenvalue weighted by atomic mass is 9.80. The van der Waals surface area contributed by atoms with Gasteiger partial charge in [-0.15, -0.1) is 11.3 Å². The second-order valence-electron chi connectivity index (χ2n) is 5.17. The summed E-state index contributed by atoms with van der Waals surface area (Å²) < 4.78 is 1.02. The van der Waals surface area contributed by atoms with E-state index in [4.69, 9.17) is 0 Å². The maximum Gasteiger partial charge on any atom is 0.325 e. The van der Waals surface area contributed by atoms with Crippen LogP contribution in [0.5, 0.6) is 0 Å². The molecule has 2 aliphatic rings. The van der Waals surface area contributed by atoms with E-state index >= 15 is 0 Å². The van der Waals surface area contributed by atoms with Gasteiger partial charge in [0.05, 0.1) is 6.54 Å². The van der Waals surface area contributed by atoms with Crippen molar-refractivity contribution in [1.29, 1.82) is 0 Å². The van der Waals surface area contributed by atoms with Crippen molar-refractivity contribution >= 4 is 39.2 Å². The Morgan fingerprint density at radius 3 is 2.68 bits per heavy atom. The molecule has 1 saturated carbocycles. The SMILES string of the molecule is O=C1NC(=O)C2(CCCCC2)N1Cc1cc(Br)cs1. The van der Waals surface area contributed by atoms with Crippen molar-refractivity contribution in [1.82, 2.24) is 10.2 Å². The molecule has 1 aliphatic heterocycles. The first-order valence-corrected chi connectivity index (χ1v) is 8.15. The molecule has 0 atom stereocenters. The van der Waals surface area contributed by atoms with Crippen molar-refractivity contribution in [2.24, 2.45) is 0 Å². The van der Waals surface area contributed by atoms with E-state index < -0.39 is 5.54 Å². The first-order valence-electron chi connectivity index (χ1n) is 6.48. The van der Waals surface area contributed by atoms with Gasteiger partial charge in [0.15, 0.2) is 0 Å². The number of nitrogens with one attached hydrogen (secondary N) is 1. The van der Waals surface area contributed by atoms with Gasteiger partial charge in [0.2, 0.25) is 0 Å². The lowest BCUT2D eigenvalue weighted by Gasteiger charge is -2.38. The smallest absolute Gasteiger partial charge is 0.305 e. The van der Waals surface area contributed by atoms with Crippen LogP contribution < -0.4 is 5.32 Å². The molecule has 102 valence electrons. The molecule has 0 unspecified atom stereocenters. The van der Waals surface area contributed by atoms with Crippen LogP contribution in [0, 0.1) is 0 Å². The average Bonchev–Trinajstić information content (AvgIpc) is 2.89. The van der Waals surface area contributed by atoms with Gasteiger partial charge in [-0.2, -0.15) is 0 Å². The summed E-state index contributed by atoms with van der Waals surface area (Å²) in [7, 11) is 0. The highest BCUT2D eigenvalue weighted by atomic mass is 79.9. The second-order valence-corrected chi connectivity index (χ2v) is 7.08. The molecule has 1 aliphatic carbocycles. The first kappa shape index (κ1) is 13.1. The molecular weight excluding hydrogens is 328 g/mol. The average molecular weight is 343 g/mol. The molecule has 3 rings (SSSR count). The molecular formula is C13H15BrN2O2S. The summed E-state index contributed by atoms with van der Waals surface area (Å²) in [5, 5.41) is 4.49. The van der Waals surface area contributed by atoms with Crippen LogP contribution in [0.2, 0.25) is 0 Å². The molecule has 0 radical (unpaired) electrons. The number of hydrogen-bond donors (Lipinski definition) is 1. The van der Waals surface area contributed by atoms with Gasteiger partial charge in [0.1, 0.15) is 5.54 Å². The maximum absolute atomic E-state index is 12.2. The van der Waals surface area contributed by atoms with E-state index in [2.05, 4.69) is 21.2 Å². The fourth-order valence-corrected chi connectivity index (χ4v) is 4.49. The quantitative estimate of drug-likeness (QED) is 0.838. The van der Waals surface area contributed by atoms with Crippen molar-refractivity contribution in [3.63, 3.8) is 0 Å². The number of urea groups is 1. The number of rotatable bonds is 2.